The molecule has 2 rings (SSSR count). The number of methoxy groups -OCH3 is 2. The molecule has 0 saturated carbocycles. The van der Waals surface area contributed by atoms with Gasteiger partial charge in [0.05, 0.1) is 20.3 Å². The van der Waals surface area contributed by atoms with Gasteiger partial charge in [0.1, 0.15) is 23.7 Å². The van der Waals surface area contributed by atoms with Crippen LogP contribution in [0.3, 0.4) is 0 Å². The standard InChI is InChI=1S/C15H20O6/c1-9(16)21-8-15(18)6-10-12(19-2)4-5-13(20-3)14(10)11(17)7-15/h4-5,11,17-18H,6-8H2,1-3H3/t11-,15+/m1/s1. The number of aliphatic hydroxyl groups excluding tert-OH is 1. The highest BCUT2D eigenvalue weighted by Gasteiger charge is 2.41. The molecule has 1 aromatic carbocycles. The average Bonchev–Trinajstić information content (AvgIpc) is 2.44. The van der Waals surface area contributed by atoms with Crippen molar-refractivity contribution in [2.75, 3.05) is 20.8 Å². The molecule has 21 heavy (non-hydrogen) atoms. The summed E-state index contributed by atoms with van der Waals surface area (Å²) >= 11 is 0. The Morgan fingerprint density at radius 1 is 1.33 bits per heavy atom. The summed E-state index contributed by atoms with van der Waals surface area (Å²) in [5.41, 5.74) is -0.0350. The van der Waals surface area contributed by atoms with Crippen LogP contribution in [0.4, 0.5) is 0 Å². The lowest BCUT2D eigenvalue weighted by atomic mass is 9.78. The third-order valence-corrected chi connectivity index (χ3v) is 3.67. The molecule has 6 heteroatoms. The van der Waals surface area contributed by atoms with Gasteiger partial charge in [0.25, 0.3) is 0 Å². The van der Waals surface area contributed by atoms with Crippen LogP contribution >= 0.6 is 0 Å². The summed E-state index contributed by atoms with van der Waals surface area (Å²) < 4.78 is 15.5. The highest BCUT2D eigenvalue weighted by atomic mass is 16.5. The van der Waals surface area contributed by atoms with Gasteiger partial charge in [-0.15, -0.1) is 0 Å². The van der Waals surface area contributed by atoms with Crippen molar-refractivity contribution in [3.8, 4) is 11.5 Å². The van der Waals surface area contributed by atoms with Crippen LogP contribution in [-0.4, -0.2) is 42.6 Å². The number of benzene rings is 1. The first-order chi connectivity index (χ1) is 9.90. The third kappa shape index (κ3) is 3.11. The van der Waals surface area contributed by atoms with Crippen LogP contribution in [0.1, 0.15) is 30.6 Å². The molecule has 0 unspecified atom stereocenters. The first-order valence-electron chi connectivity index (χ1n) is 6.68. The first kappa shape index (κ1) is 15.6. The van der Waals surface area contributed by atoms with Crippen molar-refractivity contribution in [2.24, 2.45) is 0 Å². The van der Waals surface area contributed by atoms with E-state index in [4.69, 9.17) is 14.2 Å². The Morgan fingerprint density at radius 2 is 1.95 bits per heavy atom. The van der Waals surface area contributed by atoms with Gasteiger partial charge < -0.3 is 24.4 Å². The van der Waals surface area contributed by atoms with E-state index in [1.165, 1.54) is 21.1 Å². The van der Waals surface area contributed by atoms with Gasteiger partial charge in [-0.25, -0.2) is 0 Å². The van der Waals surface area contributed by atoms with Crippen molar-refractivity contribution in [1.82, 2.24) is 0 Å². The second-order valence-corrected chi connectivity index (χ2v) is 5.26. The summed E-state index contributed by atoms with van der Waals surface area (Å²) in [6.45, 7) is 1.11. The number of ether oxygens (including phenoxy) is 3. The zero-order valence-electron chi connectivity index (χ0n) is 12.4. The molecule has 0 bridgehead atoms. The summed E-state index contributed by atoms with van der Waals surface area (Å²) in [5.74, 6) is 0.639. The predicted molar refractivity (Wildman–Crippen MR) is 74.4 cm³/mol. The molecule has 0 amide bonds. The van der Waals surface area contributed by atoms with Crippen LogP contribution in [0.5, 0.6) is 11.5 Å². The van der Waals surface area contributed by atoms with Crippen LogP contribution < -0.4 is 9.47 Å². The first-order valence-corrected chi connectivity index (χ1v) is 6.68. The minimum atomic E-state index is -1.32. The van der Waals surface area contributed by atoms with Gasteiger partial charge in [-0.05, 0) is 12.1 Å². The molecule has 2 atom stereocenters. The van der Waals surface area contributed by atoms with Gasteiger partial charge in [-0.1, -0.05) is 0 Å². The number of carbonyl (C=O) groups excluding carboxylic acids is 1. The molecule has 1 aliphatic carbocycles. The number of hydrogen-bond acceptors (Lipinski definition) is 6. The van der Waals surface area contributed by atoms with E-state index < -0.39 is 17.7 Å². The Balaban J connectivity index is 2.39. The molecule has 0 aliphatic heterocycles. The predicted octanol–water partition coefficient (Wildman–Crippen LogP) is 0.978. The lowest BCUT2D eigenvalue weighted by Crippen LogP contribution is -2.42. The third-order valence-electron chi connectivity index (χ3n) is 3.67. The Hall–Kier alpha value is -1.79. The zero-order chi connectivity index (χ0) is 15.6. The van der Waals surface area contributed by atoms with Crippen LogP contribution in [0.15, 0.2) is 12.1 Å². The fourth-order valence-corrected chi connectivity index (χ4v) is 2.75. The highest BCUT2D eigenvalue weighted by molar-refractivity contribution is 5.66. The molecular weight excluding hydrogens is 276 g/mol. The summed E-state index contributed by atoms with van der Waals surface area (Å²) in [5, 5.41) is 20.9. The molecule has 0 aromatic heterocycles. The van der Waals surface area contributed by atoms with E-state index in [9.17, 15) is 15.0 Å². The maximum absolute atomic E-state index is 10.9. The zero-order valence-corrected chi connectivity index (χ0v) is 12.4. The van der Waals surface area contributed by atoms with Crippen molar-refractivity contribution in [1.29, 1.82) is 0 Å². The van der Waals surface area contributed by atoms with E-state index in [1.807, 2.05) is 0 Å². The van der Waals surface area contributed by atoms with Crippen LogP contribution in [0.25, 0.3) is 0 Å². The van der Waals surface area contributed by atoms with Crippen molar-refractivity contribution in [2.45, 2.75) is 31.5 Å². The summed E-state index contributed by atoms with van der Waals surface area (Å²) in [6.07, 6.45) is -0.636. The van der Waals surface area contributed by atoms with Gasteiger partial charge in [-0.3, -0.25) is 4.79 Å². The van der Waals surface area contributed by atoms with E-state index in [0.29, 0.717) is 22.6 Å². The van der Waals surface area contributed by atoms with Crippen LogP contribution in [0, 0.1) is 0 Å². The average molecular weight is 296 g/mol. The Labute approximate surface area is 123 Å². The van der Waals surface area contributed by atoms with Crippen molar-refractivity contribution in [3.05, 3.63) is 23.3 Å². The molecule has 0 heterocycles. The molecule has 1 aromatic rings. The van der Waals surface area contributed by atoms with Crippen LogP contribution in [-0.2, 0) is 16.0 Å². The minimum absolute atomic E-state index is 0.0663. The van der Waals surface area contributed by atoms with E-state index in [0.717, 1.165) is 0 Å². The lowest BCUT2D eigenvalue weighted by Gasteiger charge is -2.36. The van der Waals surface area contributed by atoms with E-state index >= 15 is 0 Å². The SMILES string of the molecule is COc1ccc(OC)c2c1C[C@@](O)(COC(C)=O)C[C@H]2O. The molecule has 1 aliphatic rings. The van der Waals surface area contributed by atoms with Gasteiger partial charge in [0.2, 0.25) is 0 Å². The second kappa shape index (κ2) is 5.91. The Kier molecular flexibility index (Phi) is 4.39. The monoisotopic (exact) mass is 296 g/mol. The van der Waals surface area contributed by atoms with Crippen molar-refractivity contribution >= 4 is 5.97 Å². The largest absolute Gasteiger partial charge is 0.496 e. The van der Waals surface area contributed by atoms with Gasteiger partial charge >= 0.3 is 5.97 Å². The summed E-state index contributed by atoms with van der Waals surface area (Å²) in [7, 11) is 3.04. The Bertz CT molecular complexity index is 541. The number of hydrogen-bond donors (Lipinski definition) is 2. The van der Waals surface area contributed by atoms with Gasteiger partial charge in [0.15, 0.2) is 0 Å². The maximum atomic E-state index is 10.9. The second-order valence-electron chi connectivity index (χ2n) is 5.26. The summed E-state index contributed by atoms with van der Waals surface area (Å²) in [4.78, 5) is 10.9. The number of aliphatic hydroxyl groups is 2. The van der Waals surface area contributed by atoms with Gasteiger partial charge in [0, 0.05) is 30.9 Å². The normalized spacial score (nSPS) is 24.1. The molecule has 0 spiro atoms. The number of fused-ring (bicyclic) bond motifs is 1. The fourth-order valence-electron chi connectivity index (χ4n) is 2.75. The smallest absolute Gasteiger partial charge is 0.302 e. The van der Waals surface area contributed by atoms with E-state index in [2.05, 4.69) is 0 Å². The maximum Gasteiger partial charge on any atom is 0.302 e. The van der Waals surface area contributed by atoms with E-state index in [1.54, 1.807) is 12.1 Å². The molecule has 116 valence electrons. The molecule has 2 N–H and O–H groups in total. The van der Waals surface area contributed by atoms with E-state index in [-0.39, 0.29) is 19.4 Å². The quantitative estimate of drug-likeness (QED) is 0.806. The minimum Gasteiger partial charge on any atom is -0.496 e. The molecule has 0 fully saturated rings. The molecule has 6 nitrogen and oxygen atoms in total. The molecular formula is C15H20O6. The number of esters is 1. The number of carbonyl (C=O) groups is 1. The highest BCUT2D eigenvalue weighted by Crippen LogP contribution is 2.44. The van der Waals surface area contributed by atoms with Crippen molar-refractivity contribution in [3.63, 3.8) is 0 Å². The molecule has 0 saturated heterocycles. The summed E-state index contributed by atoms with van der Waals surface area (Å²) in [6, 6.07) is 3.44. The van der Waals surface area contributed by atoms with Crippen LogP contribution in [0.2, 0.25) is 0 Å². The van der Waals surface area contributed by atoms with Crippen molar-refractivity contribution < 1.29 is 29.2 Å². The van der Waals surface area contributed by atoms with Gasteiger partial charge in [-0.2, -0.15) is 0 Å². The number of rotatable bonds is 4. The topological polar surface area (TPSA) is 85.2 Å². The lowest BCUT2D eigenvalue weighted by molar-refractivity contribution is -0.151. The molecule has 0 radical (unpaired) electrons. The Morgan fingerprint density at radius 3 is 2.52 bits per heavy atom. The fraction of sp³-hybridized carbons (Fsp3) is 0.533.